The number of carbonyl (C=O) groups is 2. The lowest BCUT2D eigenvalue weighted by molar-refractivity contribution is -0.115. The summed E-state index contributed by atoms with van der Waals surface area (Å²) in [5.41, 5.74) is 4.30. The Morgan fingerprint density at radius 3 is 2.45 bits per heavy atom. The summed E-state index contributed by atoms with van der Waals surface area (Å²) in [7, 11) is 1.55. The minimum Gasteiger partial charge on any atom is -0.497 e. The van der Waals surface area contributed by atoms with Crippen LogP contribution in [-0.2, 0) is 10.2 Å². The number of methoxy groups -OCH3 is 1. The van der Waals surface area contributed by atoms with Crippen LogP contribution in [0.25, 0.3) is 5.69 Å². The first-order valence-electron chi connectivity index (χ1n) is 10.7. The zero-order valence-corrected chi connectivity index (χ0v) is 19.9. The summed E-state index contributed by atoms with van der Waals surface area (Å²) in [6.07, 6.45) is 0. The first kappa shape index (κ1) is 23.8. The minimum atomic E-state index is -0.489. The highest BCUT2D eigenvalue weighted by molar-refractivity contribution is 5.96. The van der Waals surface area contributed by atoms with Gasteiger partial charge in [0.15, 0.2) is 0 Å². The molecule has 3 aromatic rings. The van der Waals surface area contributed by atoms with Crippen molar-refractivity contribution in [3.8, 4) is 11.4 Å². The van der Waals surface area contributed by atoms with Crippen molar-refractivity contribution in [1.29, 1.82) is 0 Å². The van der Waals surface area contributed by atoms with Gasteiger partial charge < -0.3 is 20.7 Å². The Balaban J connectivity index is 1.71. The maximum atomic E-state index is 12.6. The van der Waals surface area contributed by atoms with Gasteiger partial charge in [-0.05, 0) is 37.6 Å². The van der Waals surface area contributed by atoms with E-state index in [-0.39, 0.29) is 17.9 Å². The summed E-state index contributed by atoms with van der Waals surface area (Å²) < 4.78 is 6.88. The molecule has 0 aliphatic heterocycles. The molecule has 0 aliphatic rings. The first-order valence-corrected chi connectivity index (χ1v) is 10.7. The second kappa shape index (κ2) is 9.77. The van der Waals surface area contributed by atoms with Gasteiger partial charge in [-0.3, -0.25) is 4.79 Å². The summed E-state index contributed by atoms with van der Waals surface area (Å²) in [6, 6.07) is 14.4. The highest BCUT2D eigenvalue weighted by Crippen LogP contribution is 2.27. The average molecular weight is 450 g/mol. The van der Waals surface area contributed by atoms with Gasteiger partial charge in [-0.25, -0.2) is 9.48 Å². The highest BCUT2D eigenvalue weighted by Gasteiger charge is 2.22. The smallest absolute Gasteiger partial charge is 0.319 e. The molecule has 8 heteroatoms. The van der Waals surface area contributed by atoms with E-state index in [1.807, 2.05) is 32.0 Å². The van der Waals surface area contributed by atoms with Crippen molar-refractivity contribution in [3.63, 3.8) is 0 Å². The maximum Gasteiger partial charge on any atom is 0.319 e. The topological polar surface area (TPSA) is 97.3 Å². The molecule has 0 spiro atoms. The van der Waals surface area contributed by atoms with Crippen LogP contribution in [0.2, 0.25) is 0 Å². The lowest BCUT2D eigenvalue weighted by Gasteiger charge is -2.14. The second-order valence-corrected chi connectivity index (χ2v) is 8.95. The Morgan fingerprint density at radius 2 is 1.79 bits per heavy atom. The number of ether oxygens (including phenoxy) is 1. The zero-order valence-electron chi connectivity index (χ0n) is 19.9. The molecule has 3 rings (SSSR count). The quantitative estimate of drug-likeness (QED) is 0.514. The number of benzene rings is 2. The Morgan fingerprint density at radius 1 is 1.03 bits per heavy atom. The molecule has 1 aromatic heterocycles. The summed E-state index contributed by atoms with van der Waals surface area (Å²) in [5, 5.41) is 12.9. The highest BCUT2D eigenvalue weighted by atomic mass is 16.5. The average Bonchev–Trinajstić information content (AvgIpc) is 3.16. The van der Waals surface area contributed by atoms with Crippen molar-refractivity contribution in [2.75, 3.05) is 24.3 Å². The standard InChI is InChI=1S/C25H31N5O3/c1-16-10-11-20(17(2)12-16)30-22(14-21(29-30)25(3,4)5)28-23(31)15-26-24(32)27-18-8-7-9-19(13-18)33-6/h7-14H,15H2,1-6H3,(H,28,31)(H2,26,27,32). The molecule has 33 heavy (non-hydrogen) atoms. The Hall–Kier alpha value is -3.81. The predicted molar refractivity (Wildman–Crippen MR) is 130 cm³/mol. The fraction of sp³-hybridized carbons (Fsp3) is 0.320. The lowest BCUT2D eigenvalue weighted by atomic mass is 9.92. The number of anilines is 2. The normalized spacial score (nSPS) is 11.1. The molecule has 0 unspecified atom stereocenters. The SMILES string of the molecule is COc1cccc(NC(=O)NCC(=O)Nc2cc(C(C)(C)C)nn2-c2ccc(C)cc2C)c1. The van der Waals surface area contributed by atoms with E-state index in [0.29, 0.717) is 17.3 Å². The van der Waals surface area contributed by atoms with Crippen LogP contribution in [0.5, 0.6) is 5.75 Å². The summed E-state index contributed by atoms with van der Waals surface area (Å²) >= 11 is 0. The molecule has 0 fully saturated rings. The largest absolute Gasteiger partial charge is 0.497 e. The van der Waals surface area contributed by atoms with Crippen LogP contribution in [-0.4, -0.2) is 35.4 Å². The van der Waals surface area contributed by atoms with E-state index in [2.05, 4.69) is 42.8 Å². The molecular formula is C25H31N5O3. The third kappa shape index (κ3) is 6.12. The molecule has 0 saturated carbocycles. The Labute approximate surface area is 194 Å². The number of amides is 3. The summed E-state index contributed by atoms with van der Waals surface area (Å²) in [4.78, 5) is 24.8. The van der Waals surface area contributed by atoms with Gasteiger partial charge in [0.05, 0.1) is 25.0 Å². The van der Waals surface area contributed by atoms with Crippen molar-refractivity contribution in [3.05, 3.63) is 65.4 Å². The maximum absolute atomic E-state index is 12.6. The number of nitrogens with zero attached hydrogens (tertiary/aromatic N) is 2. The molecule has 3 amide bonds. The number of urea groups is 1. The lowest BCUT2D eigenvalue weighted by Crippen LogP contribution is -2.36. The number of nitrogens with one attached hydrogen (secondary N) is 3. The van der Waals surface area contributed by atoms with Gasteiger partial charge in [-0.2, -0.15) is 5.10 Å². The van der Waals surface area contributed by atoms with E-state index in [0.717, 1.165) is 22.5 Å². The Kier molecular flexibility index (Phi) is 7.06. The molecule has 174 valence electrons. The molecule has 0 atom stereocenters. The predicted octanol–water partition coefficient (Wildman–Crippen LogP) is 4.56. The molecule has 0 aliphatic carbocycles. The third-order valence-electron chi connectivity index (χ3n) is 5.06. The van der Waals surface area contributed by atoms with E-state index in [4.69, 9.17) is 9.84 Å². The van der Waals surface area contributed by atoms with Crippen LogP contribution in [0, 0.1) is 13.8 Å². The van der Waals surface area contributed by atoms with Crippen LogP contribution in [0.1, 0.15) is 37.6 Å². The number of hydrogen-bond acceptors (Lipinski definition) is 4. The van der Waals surface area contributed by atoms with Crippen LogP contribution >= 0.6 is 0 Å². The van der Waals surface area contributed by atoms with Gasteiger partial charge in [-0.1, -0.05) is 44.5 Å². The van der Waals surface area contributed by atoms with E-state index in [9.17, 15) is 9.59 Å². The van der Waals surface area contributed by atoms with Crippen LogP contribution in [0.3, 0.4) is 0 Å². The number of rotatable bonds is 6. The number of aryl methyl sites for hydroxylation is 2. The van der Waals surface area contributed by atoms with E-state index < -0.39 is 6.03 Å². The van der Waals surface area contributed by atoms with Crippen LogP contribution < -0.4 is 20.7 Å². The van der Waals surface area contributed by atoms with Gasteiger partial charge in [0.1, 0.15) is 11.6 Å². The van der Waals surface area contributed by atoms with Crippen molar-refractivity contribution in [2.45, 2.75) is 40.0 Å². The molecule has 2 aromatic carbocycles. The Bertz CT molecular complexity index is 1160. The molecule has 0 saturated heterocycles. The minimum absolute atomic E-state index is 0.196. The van der Waals surface area contributed by atoms with Gasteiger partial charge >= 0.3 is 6.03 Å². The monoisotopic (exact) mass is 449 g/mol. The van der Waals surface area contributed by atoms with E-state index in [1.165, 1.54) is 0 Å². The molecular weight excluding hydrogens is 418 g/mol. The molecule has 1 heterocycles. The summed E-state index contributed by atoms with van der Waals surface area (Å²) in [6.45, 7) is 10.0. The molecule has 0 bridgehead atoms. The fourth-order valence-corrected chi connectivity index (χ4v) is 3.29. The fourth-order valence-electron chi connectivity index (χ4n) is 3.29. The zero-order chi connectivity index (χ0) is 24.2. The van der Waals surface area contributed by atoms with Gasteiger partial charge in [-0.15, -0.1) is 0 Å². The van der Waals surface area contributed by atoms with Crippen molar-refractivity contribution >= 4 is 23.4 Å². The second-order valence-electron chi connectivity index (χ2n) is 8.95. The van der Waals surface area contributed by atoms with E-state index in [1.54, 1.807) is 36.1 Å². The van der Waals surface area contributed by atoms with Crippen molar-refractivity contribution < 1.29 is 14.3 Å². The summed E-state index contributed by atoms with van der Waals surface area (Å²) in [5.74, 6) is 0.814. The molecule has 3 N–H and O–H groups in total. The van der Waals surface area contributed by atoms with Crippen molar-refractivity contribution in [2.24, 2.45) is 0 Å². The molecule has 8 nitrogen and oxygen atoms in total. The number of hydrogen-bond donors (Lipinski definition) is 3. The number of carbonyl (C=O) groups excluding carboxylic acids is 2. The van der Waals surface area contributed by atoms with Gasteiger partial charge in [0.2, 0.25) is 5.91 Å². The van der Waals surface area contributed by atoms with Gasteiger partial charge in [0.25, 0.3) is 0 Å². The third-order valence-corrected chi connectivity index (χ3v) is 5.06. The number of aromatic nitrogens is 2. The van der Waals surface area contributed by atoms with Crippen LogP contribution in [0.4, 0.5) is 16.3 Å². The first-order chi connectivity index (χ1) is 15.6. The van der Waals surface area contributed by atoms with Gasteiger partial charge in [0, 0.05) is 23.2 Å². The van der Waals surface area contributed by atoms with Crippen LogP contribution in [0.15, 0.2) is 48.5 Å². The molecule has 0 radical (unpaired) electrons. The van der Waals surface area contributed by atoms with Crippen molar-refractivity contribution in [1.82, 2.24) is 15.1 Å². The van der Waals surface area contributed by atoms with E-state index >= 15 is 0 Å².